The van der Waals surface area contributed by atoms with Crippen LogP contribution in [0.4, 0.5) is 8.78 Å². The molecule has 41 heavy (non-hydrogen) atoms. The Morgan fingerprint density at radius 2 is 1.78 bits per heavy atom. The molecule has 0 radical (unpaired) electrons. The van der Waals surface area contributed by atoms with Crippen molar-refractivity contribution in [2.75, 3.05) is 13.1 Å². The summed E-state index contributed by atoms with van der Waals surface area (Å²) in [6.45, 7) is 4.95. The molecule has 2 aliphatic rings. The van der Waals surface area contributed by atoms with Crippen molar-refractivity contribution in [3.05, 3.63) is 83.5 Å². The standard InChI is InChI=1S/C30H25F2N3O4S2/c1-19-7-10-22(11-8-19)41(36,37)35-18-25(23-5-4-6-26-28(23)39-30(31,32)38-26)24-15-20(16-33-29(24)35)27-12-9-21(40-27)17-34-13-2-3-14-34/h4-12,15-16,18H,2-3,13-14,17H2,1H3. The summed E-state index contributed by atoms with van der Waals surface area (Å²) < 4.78 is 66.4. The fraction of sp³-hybridized carbons (Fsp3) is 0.233. The summed E-state index contributed by atoms with van der Waals surface area (Å²) in [5.74, 6) is -0.276. The summed E-state index contributed by atoms with van der Waals surface area (Å²) in [6, 6.07) is 17.1. The molecule has 5 heterocycles. The van der Waals surface area contributed by atoms with E-state index in [1.807, 2.05) is 19.1 Å². The SMILES string of the molecule is Cc1ccc(S(=O)(=O)n2cc(-c3cccc4c3OC(F)(F)O4)c3cc(-c4ccc(CN5CCCC5)s4)cnc32)cc1. The van der Waals surface area contributed by atoms with Gasteiger partial charge in [-0.15, -0.1) is 20.1 Å². The van der Waals surface area contributed by atoms with Crippen LogP contribution >= 0.6 is 11.3 Å². The van der Waals surface area contributed by atoms with Gasteiger partial charge in [-0.05, 0) is 69.3 Å². The van der Waals surface area contributed by atoms with E-state index in [0.717, 1.165) is 39.6 Å². The highest BCUT2D eigenvalue weighted by atomic mass is 32.2. The number of hydrogen-bond donors (Lipinski definition) is 0. The quantitative estimate of drug-likeness (QED) is 0.213. The normalized spacial score (nSPS) is 16.6. The summed E-state index contributed by atoms with van der Waals surface area (Å²) in [7, 11) is -4.06. The molecule has 0 amide bonds. The Hall–Kier alpha value is -3.80. The lowest BCUT2D eigenvalue weighted by Gasteiger charge is -2.12. The van der Waals surface area contributed by atoms with Gasteiger partial charge in [-0.1, -0.05) is 29.8 Å². The zero-order chi connectivity index (χ0) is 28.4. The van der Waals surface area contributed by atoms with Crippen LogP contribution in [0.2, 0.25) is 0 Å². The van der Waals surface area contributed by atoms with Crippen molar-refractivity contribution < 1.29 is 26.7 Å². The minimum absolute atomic E-state index is 0.0895. The van der Waals surface area contributed by atoms with Gasteiger partial charge in [-0.3, -0.25) is 4.90 Å². The summed E-state index contributed by atoms with van der Waals surface area (Å²) in [5.41, 5.74) is 2.57. The zero-order valence-corrected chi connectivity index (χ0v) is 23.6. The van der Waals surface area contributed by atoms with Gasteiger partial charge in [0.25, 0.3) is 10.0 Å². The monoisotopic (exact) mass is 593 g/mol. The smallest absolute Gasteiger partial charge is 0.395 e. The molecule has 5 aromatic rings. The molecule has 0 spiro atoms. The minimum Gasteiger partial charge on any atom is -0.395 e. The van der Waals surface area contributed by atoms with Crippen molar-refractivity contribution in [3.8, 4) is 33.1 Å². The van der Waals surface area contributed by atoms with E-state index in [1.165, 1.54) is 42.1 Å². The van der Waals surface area contributed by atoms with Crippen LogP contribution in [0.3, 0.4) is 0 Å². The summed E-state index contributed by atoms with van der Waals surface area (Å²) in [5, 5.41) is 0.486. The lowest BCUT2D eigenvalue weighted by Crippen LogP contribution is -2.26. The molecular weight excluding hydrogens is 568 g/mol. The van der Waals surface area contributed by atoms with E-state index in [0.29, 0.717) is 10.9 Å². The van der Waals surface area contributed by atoms with Gasteiger partial charge in [0.05, 0.1) is 4.90 Å². The molecule has 11 heteroatoms. The molecule has 2 aromatic carbocycles. The number of aromatic nitrogens is 2. The average Bonchev–Trinajstić information content (AvgIpc) is 3.74. The van der Waals surface area contributed by atoms with Crippen molar-refractivity contribution in [1.82, 2.24) is 13.9 Å². The van der Waals surface area contributed by atoms with Gasteiger partial charge in [0.1, 0.15) is 0 Å². The molecule has 0 saturated carbocycles. The van der Waals surface area contributed by atoms with E-state index in [1.54, 1.807) is 41.8 Å². The molecule has 2 aliphatic heterocycles. The molecule has 1 fully saturated rings. The number of likely N-dealkylation sites (tertiary alicyclic amines) is 1. The topological polar surface area (TPSA) is 73.7 Å². The first-order chi connectivity index (χ1) is 19.7. The molecule has 0 aliphatic carbocycles. The first-order valence-electron chi connectivity index (χ1n) is 13.2. The summed E-state index contributed by atoms with van der Waals surface area (Å²) >= 11 is 1.66. The van der Waals surface area contributed by atoms with Crippen molar-refractivity contribution >= 4 is 32.4 Å². The van der Waals surface area contributed by atoms with Crippen LogP contribution in [-0.2, 0) is 16.6 Å². The maximum atomic E-state index is 14.1. The Kier molecular flexibility index (Phi) is 6.14. The van der Waals surface area contributed by atoms with Gasteiger partial charge < -0.3 is 9.47 Å². The lowest BCUT2D eigenvalue weighted by atomic mass is 10.0. The van der Waals surface area contributed by atoms with E-state index >= 15 is 0 Å². The highest BCUT2D eigenvalue weighted by molar-refractivity contribution is 7.90. The maximum Gasteiger partial charge on any atom is 0.586 e. The number of benzene rings is 2. The van der Waals surface area contributed by atoms with Crippen molar-refractivity contribution in [2.45, 2.75) is 37.5 Å². The largest absolute Gasteiger partial charge is 0.586 e. The van der Waals surface area contributed by atoms with Gasteiger partial charge in [-0.2, -0.15) is 0 Å². The number of rotatable bonds is 6. The number of pyridine rings is 1. The number of aryl methyl sites for hydroxylation is 1. The summed E-state index contributed by atoms with van der Waals surface area (Å²) in [4.78, 5) is 9.34. The zero-order valence-electron chi connectivity index (χ0n) is 22.0. The predicted octanol–water partition coefficient (Wildman–Crippen LogP) is 6.89. The highest BCUT2D eigenvalue weighted by Gasteiger charge is 2.45. The molecule has 1 saturated heterocycles. The molecule has 3 aromatic heterocycles. The number of hydrogen-bond acceptors (Lipinski definition) is 7. The third-order valence-corrected chi connectivity index (χ3v) is 10.2. The van der Waals surface area contributed by atoms with Gasteiger partial charge >= 0.3 is 6.29 Å². The van der Waals surface area contributed by atoms with Crippen LogP contribution in [0.15, 0.2) is 78.0 Å². The Labute approximate surface area is 239 Å². The van der Waals surface area contributed by atoms with Gasteiger partial charge in [0.2, 0.25) is 0 Å². The summed E-state index contributed by atoms with van der Waals surface area (Å²) in [6.07, 6.45) is 1.68. The minimum atomic E-state index is -4.06. The number of fused-ring (bicyclic) bond motifs is 2. The van der Waals surface area contributed by atoms with Crippen LogP contribution in [0.1, 0.15) is 23.3 Å². The number of para-hydroxylation sites is 1. The lowest BCUT2D eigenvalue weighted by molar-refractivity contribution is -0.286. The van der Waals surface area contributed by atoms with Crippen LogP contribution in [0, 0.1) is 6.92 Å². The molecule has 0 N–H and O–H groups in total. The van der Waals surface area contributed by atoms with Gasteiger partial charge in [-0.25, -0.2) is 17.4 Å². The van der Waals surface area contributed by atoms with E-state index in [4.69, 9.17) is 4.74 Å². The fourth-order valence-corrected chi connectivity index (χ4v) is 7.75. The van der Waals surface area contributed by atoms with E-state index in [-0.39, 0.29) is 27.6 Å². The van der Waals surface area contributed by atoms with Crippen LogP contribution in [0.25, 0.3) is 32.6 Å². The van der Waals surface area contributed by atoms with Crippen molar-refractivity contribution in [3.63, 3.8) is 0 Å². The Morgan fingerprint density at radius 3 is 2.56 bits per heavy atom. The second-order valence-electron chi connectivity index (χ2n) is 10.3. The molecule has 7 rings (SSSR count). The number of thiophene rings is 1. The van der Waals surface area contributed by atoms with Gasteiger partial charge in [0.15, 0.2) is 17.1 Å². The third-order valence-electron chi connectivity index (χ3n) is 7.43. The molecular formula is C30H25F2N3O4S2. The van der Waals surface area contributed by atoms with E-state index < -0.39 is 16.3 Å². The molecule has 210 valence electrons. The molecule has 0 bridgehead atoms. The Balaban J connectivity index is 1.38. The van der Waals surface area contributed by atoms with Crippen molar-refractivity contribution in [1.29, 1.82) is 0 Å². The number of ether oxygens (including phenoxy) is 2. The third kappa shape index (κ3) is 4.67. The second kappa shape index (κ2) is 9.64. The second-order valence-corrected chi connectivity index (χ2v) is 13.3. The fourth-order valence-electron chi connectivity index (χ4n) is 5.40. The average molecular weight is 594 g/mol. The number of nitrogens with zero attached hydrogens (tertiary/aromatic N) is 3. The van der Waals surface area contributed by atoms with E-state index in [9.17, 15) is 17.2 Å². The van der Waals surface area contributed by atoms with Gasteiger partial charge in [0, 0.05) is 50.8 Å². The van der Waals surface area contributed by atoms with Crippen LogP contribution < -0.4 is 9.47 Å². The van der Waals surface area contributed by atoms with Crippen LogP contribution in [0.5, 0.6) is 11.5 Å². The first kappa shape index (κ1) is 26.1. The molecule has 0 unspecified atom stereocenters. The molecule has 7 nitrogen and oxygen atoms in total. The Morgan fingerprint density at radius 1 is 1.00 bits per heavy atom. The van der Waals surface area contributed by atoms with Crippen molar-refractivity contribution in [2.24, 2.45) is 0 Å². The van der Waals surface area contributed by atoms with E-state index in [2.05, 4.69) is 20.7 Å². The number of alkyl halides is 2. The first-order valence-corrected chi connectivity index (χ1v) is 15.5. The maximum absolute atomic E-state index is 14.1. The predicted molar refractivity (Wildman–Crippen MR) is 153 cm³/mol. The highest BCUT2D eigenvalue weighted by Crippen LogP contribution is 2.49. The molecule has 0 atom stereocenters. The van der Waals surface area contributed by atoms with Crippen LogP contribution in [-0.4, -0.2) is 41.7 Å². The number of halogens is 2. The Bertz CT molecular complexity index is 1890.